The minimum Gasteiger partial charge on any atom is -1.00 e. The SMILES string of the molecule is CCC[n+]1ccc(OCC(=O)SCCc2scnc2C)cc1.[Br-]. The monoisotopic (exact) mass is 416 g/mol. The van der Waals surface area contributed by atoms with E-state index in [1.807, 2.05) is 37.0 Å². The van der Waals surface area contributed by atoms with Gasteiger partial charge in [-0.05, 0) is 13.3 Å². The highest BCUT2D eigenvalue weighted by Gasteiger charge is 2.07. The molecule has 0 fully saturated rings. The number of carbonyl (C=O) groups is 1. The Bertz CT molecular complexity index is 602. The van der Waals surface area contributed by atoms with Crippen LogP contribution in [0.25, 0.3) is 0 Å². The van der Waals surface area contributed by atoms with Crippen molar-refractivity contribution in [2.75, 3.05) is 12.4 Å². The molecule has 4 nitrogen and oxygen atoms in total. The number of ether oxygens (including phenoxy) is 1. The Hall–Kier alpha value is -0.920. The van der Waals surface area contributed by atoms with Crippen molar-refractivity contribution in [3.05, 3.63) is 40.6 Å². The lowest BCUT2D eigenvalue weighted by Gasteiger charge is -2.04. The molecule has 0 radical (unpaired) electrons. The molecule has 7 heteroatoms. The van der Waals surface area contributed by atoms with Gasteiger partial charge in [0, 0.05) is 29.2 Å². The van der Waals surface area contributed by atoms with Crippen LogP contribution >= 0.6 is 23.1 Å². The molecule has 0 amide bonds. The van der Waals surface area contributed by atoms with E-state index in [0.717, 1.165) is 36.6 Å². The molecule has 0 aliphatic carbocycles. The van der Waals surface area contributed by atoms with Gasteiger partial charge >= 0.3 is 0 Å². The maximum atomic E-state index is 11.8. The van der Waals surface area contributed by atoms with Gasteiger partial charge in [0.2, 0.25) is 5.12 Å². The van der Waals surface area contributed by atoms with Gasteiger partial charge in [0.25, 0.3) is 0 Å². The topological polar surface area (TPSA) is 43.1 Å². The first-order valence-corrected chi connectivity index (χ1v) is 9.22. The van der Waals surface area contributed by atoms with Gasteiger partial charge in [0.15, 0.2) is 19.0 Å². The summed E-state index contributed by atoms with van der Waals surface area (Å²) in [4.78, 5) is 17.3. The fourth-order valence-electron chi connectivity index (χ4n) is 1.95. The lowest BCUT2D eigenvalue weighted by Crippen LogP contribution is -3.00. The summed E-state index contributed by atoms with van der Waals surface area (Å²) in [5, 5.41) is 0.0625. The number of aryl methyl sites for hydroxylation is 3. The summed E-state index contributed by atoms with van der Waals surface area (Å²) < 4.78 is 7.62. The number of carbonyl (C=O) groups excluding carboxylic acids is 1. The van der Waals surface area contributed by atoms with E-state index >= 15 is 0 Å². The standard InChI is InChI=1S/C16H21N2O2S2.BrH/c1-3-7-18-8-4-14(5-9-18)20-11-16(19)21-10-6-15-13(2)17-12-22-15;/h4-5,8-9,12H,3,6-7,10-11H2,1-2H3;1H/q+1;/p-1. The molecule has 0 atom stereocenters. The van der Waals surface area contributed by atoms with Gasteiger partial charge in [-0.25, -0.2) is 9.55 Å². The molecule has 2 aromatic heterocycles. The summed E-state index contributed by atoms with van der Waals surface area (Å²) >= 11 is 2.97. The van der Waals surface area contributed by atoms with Crippen LogP contribution < -0.4 is 26.3 Å². The predicted molar refractivity (Wildman–Crippen MR) is 90.4 cm³/mol. The van der Waals surface area contributed by atoms with Crippen LogP contribution in [0, 0.1) is 6.92 Å². The zero-order valence-electron chi connectivity index (χ0n) is 13.3. The van der Waals surface area contributed by atoms with Gasteiger partial charge in [-0.15, -0.1) is 11.3 Å². The van der Waals surface area contributed by atoms with Gasteiger partial charge in [-0.1, -0.05) is 18.7 Å². The molecule has 0 saturated heterocycles. The van der Waals surface area contributed by atoms with Crippen LogP contribution in [0.3, 0.4) is 0 Å². The van der Waals surface area contributed by atoms with Crippen LogP contribution in [0.1, 0.15) is 23.9 Å². The first-order chi connectivity index (χ1) is 10.7. The zero-order chi connectivity index (χ0) is 15.8. The van der Waals surface area contributed by atoms with Gasteiger partial charge < -0.3 is 21.7 Å². The molecule has 2 rings (SSSR count). The van der Waals surface area contributed by atoms with Crippen LogP contribution in [0.4, 0.5) is 0 Å². The Kier molecular flexibility index (Phi) is 9.43. The van der Waals surface area contributed by atoms with E-state index in [-0.39, 0.29) is 28.7 Å². The van der Waals surface area contributed by atoms with Crippen molar-refractivity contribution >= 4 is 28.2 Å². The number of hydrogen-bond donors (Lipinski definition) is 0. The highest BCUT2D eigenvalue weighted by molar-refractivity contribution is 8.13. The third kappa shape index (κ3) is 7.01. The maximum absolute atomic E-state index is 11.8. The lowest BCUT2D eigenvalue weighted by molar-refractivity contribution is -0.697. The van der Waals surface area contributed by atoms with Crippen LogP contribution in [-0.4, -0.2) is 22.5 Å². The van der Waals surface area contributed by atoms with Crippen molar-refractivity contribution in [2.24, 2.45) is 0 Å². The van der Waals surface area contributed by atoms with Gasteiger partial charge in [-0.2, -0.15) is 0 Å². The molecule has 0 spiro atoms. The molecule has 0 aromatic carbocycles. The Morgan fingerprint density at radius 3 is 2.74 bits per heavy atom. The Balaban J connectivity index is 0.00000264. The molecule has 0 bridgehead atoms. The summed E-state index contributed by atoms with van der Waals surface area (Å²) in [7, 11) is 0. The van der Waals surface area contributed by atoms with Crippen LogP contribution in [0.15, 0.2) is 30.0 Å². The average molecular weight is 417 g/mol. The molecular formula is C16H21BrN2O2S2. The number of rotatable bonds is 8. The normalized spacial score (nSPS) is 10.2. The summed E-state index contributed by atoms with van der Waals surface area (Å²) in [6, 6.07) is 3.79. The molecule has 0 unspecified atom stereocenters. The van der Waals surface area contributed by atoms with Gasteiger partial charge in [-0.3, -0.25) is 4.79 Å². The molecule has 0 aliphatic rings. The lowest BCUT2D eigenvalue weighted by atomic mass is 10.3. The maximum Gasteiger partial charge on any atom is 0.226 e. The molecule has 0 N–H and O–H groups in total. The summed E-state index contributed by atoms with van der Waals surface area (Å²) in [5.74, 6) is 1.51. The molecular weight excluding hydrogens is 396 g/mol. The minimum absolute atomic E-state index is 0. The van der Waals surface area contributed by atoms with E-state index in [2.05, 4.69) is 16.5 Å². The Morgan fingerprint density at radius 1 is 1.39 bits per heavy atom. The minimum atomic E-state index is 0. The van der Waals surface area contributed by atoms with E-state index in [9.17, 15) is 4.79 Å². The van der Waals surface area contributed by atoms with Gasteiger partial charge in [0.05, 0.1) is 11.2 Å². The highest BCUT2D eigenvalue weighted by atomic mass is 79.9. The molecule has 126 valence electrons. The summed E-state index contributed by atoms with van der Waals surface area (Å²) in [5.41, 5.74) is 2.92. The number of aromatic nitrogens is 2. The van der Waals surface area contributed by atoms with Crippen molar-refractivity contribution in [1.82, 2.24) is 4.98 Å². The number of pyridine rings is 1. The van der Waals surface area contributed by atoms with Crippen LogP contribution in [0.2, 0.25) is 0 Å². The van der Waals surface area contributed by atoms with Crippen molar-refractivity contribution in [3.8, 4) is 5.75 Å². The highest BCUT2D eigenvalue weighted by Crippen LogP contribution is 2.16. The largest absolute Gasteiger partial charge is 1.00 e. The van der Waals surface area contributed by atoms with Gasteiger partial charge in [0.1, 0.15) is 12.3 Å². The van der Waals surface area contributed by atoms with Crippen molar-refractivity contribution in [3.63, 3.8) is 0 Å². The first kappa shape index (κ1) is 20.1. The number of nitrogens with zero attached hydrogens (tertiary/aromatic N) is 2. The second-order valence-electron chi connectivity index (χ2n) is 4.89. The summed E-state index contributed by atoms with van der Waals surface area (Å²) in [6.07, 6.45) is 5.93. The second-order valence-corrected chi connectivity index (χ2v) is 6.98. The third-order valence-corrected chi connectivity index (χ3v) is 4.98. The van der Waals surface area contributed by atoms with Crippen molar-refractivity contribution in [2.45, 2.75) is 33.2 Å². The quantitative estimate of drug-likeness (QED) is 0.569. The number of halogens is 1. The van der Waals surface area contributed by atoms with E-state index in [1.165, 1.54) is 16.6 Å². The molecule has 0 aliphatic heterocycles. The fraction of sp³-hybridized carbons (Fsp3) is 0.438. The Labute approximate surface area is 156 Å². The van der Waals surface area contributed by atoms with Crippen LogP contribution in [0.5, 0.6) is 5.75 Å². The van der Waals surface area contributed by atoms with Crippen molar-refractivity contribution < 1.29 is 31.1 Å². The number of hydrogen-bond acceptors (Lipinski definition) is 5. The first-order valence-electron chi connectivity index (χ1n) is 7.35. The second kappa shape index (κ2) is 10.8. The smallest absolute Gasteiger partial charge is 0.226 e. The van der Waals surface area contributed by atoms with E-state index in [0.29, 0.717) is 0 Å². The molecule has 2 aromatic rings. The molecule has 2 heterocycles. The molecule has 23 heavy (non-hydrogen) atoms. The average Bonchev–Trinajstić information content (AvgIpc) is 2.92. The predicted octanol–water partition coefficient (Wildman–Crippen LogP) is 0.0343. The Morgan fingerprint density at radius 2 is 2.13 bits per heavy atom. The van der Waals surface area contributed by atoms with E-state index < -0.39 is 0 Å². The van der Waals surface area contributed by atoms with E-state index in [4.69, 9.17) is 4.74 Å². The third-order valence-electron chi connectivity index (χ3n) is 3.14. The van der Waals surface area contributed by atoms with Crippen LogP contribution in [-0.2, 0) is 17.8 Å². The van der Waals surface area contributed by atoms with E-state index in [1.54, 1.807) is 11.3 Å². The number of thiazole rings is 1. The summed E-state index contributed by atoms with van der Waals surface area (Å²) in [6.45, 7) is 5.25. The fourth-order valence-corrected chi connectivity index (χ4v) is 3.54. The number of thioether (sulfide) groups is 1. The molecule has 0 saturated carbocycles. The van der Waals surface area contributed by atoms with Crippen molar-refractivity contribution in [1.29, 1.82) is 0 Å². The zero-order valence-corrected chi connectivity index (χ0v) is 16.5.